The van der Waals surface area contributed by atoms with Crippen molar-refractivity contribution in [3.05, 3.63) is 150 Å². The lowest BCUT2D eigenvalue weighted by Crippen LogP contribution is -2.21. The minimum Gasteiger partial charge on any atom is -0.489 e. The molecule has 0 aliphatic rings. The van der Waals surface area contributed by atoms with E-state index in [1.807, 2.05) is 91.9 Å². The van der Waals surface area contributed by atoms with Crippen LogP contribution in [0.2, 0.25) is 0 Å². The van der Waals surface area contributed by atoms with Crippen molar-refractivity contribution in [1.82, 2.24) is 0 Å². The molecular weight excluding hydrogens is 620 g/mol. The number of benzene rings is 5. The Hall–Kier alpha value is -6.62. The van der Waals surface area contributed by atoms with Gasteiger partial charge in [-0.15, -0.1) is 0 Å². The van der Waals surface area contributed by atoms with Gasteiger partial charge in [-0.1, -0.05) is 60.7 Å². The van der Waals surface area contributed by atoms with E-state index in [2.05, 4.69) is 21.3 Å². The molecule has 0 fully saturated rings. The fraction of sp³-hybridized carbons (Fsp3) is 0.105. The van der Waals surface area contributed by atoms with Crippen molar-refractivity contribution in [1.29, 1.82) is 5.41 Å². The first-order valence-corrected chi connectivity index (χ1v) is 15.3. The first-order valence-electron chi connectivity index (χ1n) is 15.3. The molecule has 5 aromatic rings. The Bertz CT molecular complexity index is 1880. The third-order valence-corrected chi connectivity index (χ3v) is 7.01. The van der Waals surface area contributed by atoms with Crippen LogP contribution in [0.3, 0.4) is 0 Å². The van der Waals surface area contributed by atoms with Gasteiger partial charge in [0.05, 0.1) is 11.4 Å². The third kappa shape index (κ3) is 11.3. The molecule has 8 N–H and O–H groups in total. The molecule has 0 bridgehead atoms. The minimum atomic E-state index is -0.833. The van der Waals surface area contributed by atoms with Crippen molar-refractivity contribution in [2.45, 2.75) is 26.5 Å². The fourth-order valence-electron chi connectivity index (χ4n) is 4.58. The van der Waals surface area contributed by atoms with E-state index in [9.17, 15) is 9.59 Å². The number of aliphatic carboxylic acids is 1. The van der Waals surface area contributed by atoms with Crippen molar-refractivity contribution >= 4 is 46.5 Å². The second-order valence-corrected chi connectivity index (χ2v) is 10.9. The van der Waals surface area contributed by atoms with Gasteiger partial charge in [-0.05, 0) is 78.7 Å². The molecular formula is C38H38N6O5. The van der Waals surface area contributed by atoms with Crippen LogP contribution in [0.15, 0.2) is 127 Å². The lowest BCUT2D eigenvalue weighted by atomic mass is 10.0. The number of carboxylic acids is 1. The second kappa shape index (κ2) is 17.3. The van der Waals surface area contributed by atoms with Crippen LogP contribution < -0.4 is 31.7 Å². The zero-order chi connectivity index (χ0) is 35.2. The van der Waals surface area contributed by atoms with E-state index < -0.39 is 12.0 Å². The molecule has 1 unspecified atom stereocenters. The van der Waals surface area contributed by atoms with Gasteiger partial charge in [0.1, 0.15) is 18.2 Å². The molecule has 49 heavy (non-hydrogen) atoms. The molecule has 0 aromatic heterocycles. The SMILES string of the molecule is CC(=O)O.CC(Nc1ccccc1NC(=O)Nc1ccc(C(=N)N)cc1)c1ccc(C(=O)Nc2cccc(OCc3ccccc3)c2)cc1. The standard InChI is InChI=1S/C36H34N6O3.C2H4O2/c1-24(39-32-12-5-6-13-33(32)42-36(44)41-29-20-18-27(19-21-29)34(37)38)26-14-16-28(17-15-26)35(43)40-30-10-7-11-31(22-30)45-23-25-8-3-2-4-9-25;1-2(3)4/h2-22,24,39H,23H2,1H3,(H3,37,38)(H,40,43)(H2,41,42,44);1H3,(H,3,4). The Morgan fingerprint density at radius 3 is 2.00 bits per heavy atom. The topological polar surface area (TPSA) is 179 Å². The summed E-state index contributed by atoms with van der Waals surface area (Å²) >= 11 is 0. The summed E-state index contributed by atoms with van der Waals surface area (Å²) in [6.45, 7) is 3.53. The number of carbonyl (C=O) groups excluding carboxylic acids is 2. The summed E-state index contributed by atoms with van der Waals surface area (Å²) in [6.07, 6.45) is 0. The average Bonchev–Trinajstić information content (AvgIpc) is 3.09. The Kier molecular flexibility index (Phi) is 12.5. The maximum Gasteiger partial charge on any atom is 0.323 e. The number of amides is 3. The van der Waals surface area contributed by atoms with Crippen LogP contribution in [0.5, 0.6) is 5.75 Å². The van der Waals surface area contributed by atoms with Gasteiger partial charge in [0.15, 0.2) is 0 Å². The van der Waals surface area contributed by atoms with Crippen LogP contribution >= 0.6 is 0 Å². The van der Waals surface area contributed by atoms with Gasteiger partial charge in [-0.2, -0.15) is 0 Å². The second-order valence-electron chi connectivity index (χ2n) is 10.9. The van der Waals surface area contributed by atoms with E-state index >= 15 is 0 Å². The third-order valence-electron chi connectivity index (χ3n) is 7.01. The fourth-order valence-corrected chi connectivity index (χ4v) is 4.58. The number of amidine groups is 1. The number of carboxylic acid groups (broad SMARTS) is 1. The summed E-state index contributed by atoms with van der Waals surface area (Å²) in [4.78, 5) is 34.7. The Balaban J connectivity index is 0.00000128. The van der Waals surface area contributed by atoms with Gasteiger partial charge in [0.2, 0.25) is 0 Å². The normalized spacial score (nSPS) is 10.7. The lowest BCUT2D eigenvalue weighted by molar-refractivity contribution is -0.134. The number of urea groups is 1. The van der Waals surface area contributed by atoms with Crippen LogP contribution in [-0.4, -0.2) is 28.8 Å². The lowest BCUT2D eigenvalue weighted by Gasteiger charge is -2.19. The van der Waals surface area contributed by atoms with E-state index in [0.29, 0.717) is 40.5 Å². The molecule has 0 spiro atoms. The number of anilines is 4. The molecule has 0 saturated heterocycles. The molecule has 11 heteroatoms. The zero-order valence-electron chi connectivity index (χ0n) is 27.1. The number of carbonyl (C=O) groups is 3. The highest BCUT2D eigenvalue weighted by Crippen LogP contribution is 2.27. The maximum absolute atomic E-state index is 13.0. The van der Waals surface area contributed by atoms with Gasteiger partial charge in [0, 0.05) is 41.5 Å². The molecule has 0 saturated carbocycles. The predicted molar refractivity (Wildman–Crippen MR) is 194 cm³/mol. The number of nitrogens with two attached hydrogens (primary N) is 1. The Morgan fingerprint density at radius 1 is 0.735 bits per heavy atom. The molecule has 250 valence electrons. The quantitative estimate of drug-likeness (QED) is 0.0561. The maximum atomic E-state index is 13.0. The van der Waals surface area contributed by atoms with Crippen molar-refractivity contribution in [3.8, 4) is 5.75 Å². The van der Waals surface area contributed by atoms with E-state index in [-0.39, 0.29) is 17.8 Å². The van der Waals surface area contributed by atoms with Crippen LogP contribution in [0.25, 0.3) is 0 Å². The summed E-state index contributed by atoms with van der Waals surface area (Å²) < 4.78 is 5.88. The molecule has 5 aromatic carbocycles. The molecule has 0 aliphatic heterocycles. The van der Waals surface area contributed by atoms with Crippen molar-refractivity contribution in [2.75, 3.05) is 21.3 Å². The van der Waals surface area contributed by atoms with E-state index in [1.54, 1.807) is 42.5 Å². The van der Waals surface area contributed by atoms with Crippen LogP contribution in [-0.2, 0) is 11.4 Å². The molecule has 3 amide bonds. The monoisotopic (exact) mass is 658 g/mol. The summed E-state index contributed by atoms with van der Waals surface area (Å²) in [6, 6.07) is 38.2. The summed E-state index contributed by atoms with van der Waals surface area (Å²) in [5.41, 5.74) is 11.2. The van der Waals surface area contributed by atoms with Crippen LogP contribution in [0.1, 0.15) is 46.9 Å². The largest absolute Gasteiger partial charge is 0.489 e. The van der Waals surface area contributed by atoms with E-state index in [0.717, 1.165) is 23.7 Å². The van der Waals surface area contributed by atoms with Gasteiger partial charge in [-0.3, -0.25) is 15.0 Å². The van der Waals surface area contributed by atoms with Crippen molar-refractivity contribution < 1.29 is 24.2 Å². The predicted octanol–water partition coefficient (Wildman–Crippen LogP) is 7.71. The highest BCUT2D eigenvalue weighted by molar-refractivity contribution is 6.04. The molecule has 11 nitrogen and oxygen atoms in total. The van der Waals surface area contributed by atoms with Gasteiger partial charge in [-0.25, -0.2) is 4.79 Å². The number of rotatable bonds is 11. The van der Waals surface area contributed by atoms with Crippen molar-refractivity contribution in [3.63, 3.8) is 0 Å². The smallest absolute Gasteiger partial charge is 0.323 e. The van der Waals surface area contributed by atoms with Gasteiger partial charge in [0.25, 0.3) is 11.9 Å². The summed E-state index contributed by atoms with van der Waals surface area (Å²) in [7, 11) is 0. The number of ether oxygens (including phenoxy) is 1. The summed E-state index contributed by atoms with van der Waals surface area (Å²) in [5, 5.41) is 27.0. The average molecular weight is 659 g/mol. The number of hydrogen-bond acceptors (Lipinski definition) is 6. The zero-order valence-corrected chi connectivity index (χ0v) is 27.1. The number of hydrogen-bond donors (Lipinski definition) is 7. The highest BCUT2D eigenvalue weighted by Gasteiger charge is 2.13. The number of para-hydroxylation sites is 2. The van der Waals surface area contributed by atoms with E-state index in [4.69, 9.17) is 25.8 Å². The Morgan fingerprint density at radius 2 is 1.35 bits per heavy atom. The highest BCUT2D eigenvalue weighted by atomic mass is 16.5. The van der Waals surface area contributed by atoms with Crippen LogP contribution in [0.4, 0.5) is 27.5 Å². The first-order chi connectivity index (χ1) is 23.6. The first kappa shape index (κ1) is 35.2. The molecule has 1 atom stereocenters. The number of nitrogen functional groups attached to an aromatic ring is 1. The molecule has 5 rings (SSSR count). The van der Waals surface area contributed by atoms with Gasteiger partial charge >= 0.3 is 6.03 Å². The number of nitrogens with one attached hydrogen (secondary N) is 5. The molecule has 0 aliphatic carbocycles. The van der Waals surface area contributed by atoms with Crippen LogP contribution in [0, 0.1) is 5.41 Å². The van der Waals surface area contributed by atoms with Gasteiger partial charge < -0.3 is 36.8 Å². The Labute approximate surface area is 284 Å². The molecule has 0 heterocycles. The van der Waals surface area contributed by atoms with Crippen molar-refractivity contribution in [2.24, 2.45) is 5.73 Å². The van der Waals surface area contributed by atoms with E-state index in [1.165, 1.54) is 0 Å². The minimum absolute atomic E-state index is 0.0374. The molecule has 0 radical (unpaired) electrons. The summed E-state index contributed by atoms with van der Waals surface area (Å²) in [5.74, 6) is -0.425.